The summed E-state index contributed by atoms with van der Waals surface area (Å²) < 4.78 is 0. The molecule has 0 spiro atoms. The number of benzene rings is 2. The summed E-state index contributed by atoms with van der Waals surface area (Å²) >= 11 is 0. The minimum absolute atomic E-state index is 0.00775. The second-order valence-corrected chi connectivity index (χ2v) is 8.28. The minimum atomic E-state index is -0.00775. The van der Waals surface area contributed by atoms with E-state index < -0.39 is 0 Å². The molecule has 28 heavy (non-hydrogen) atoms. The van der Waals surface area contributed by atoms with Crippen molar-refractivity contribution in [2.75, 3.05) is 26.2 Å². The first-order valence-electron chi connectivity index (χ1n) is 10.6. The zero-order valence-electron chi connectivity index (χ0n) is 16.6. The molecule has 4 nitrogen and oxygen atoms in total. The van der Waals surface area contributed by atoms with E-state index in [1.807, 2.05) is 35.2 Å². The number of nitrogens with two attached hydrogens (primary N) is 1. The quantitative estimate of drug-likeness (QED) is 0.885. The zero-order chi connectivity index (χ0) is 19.3. The number of nitrogens with zero attached hydrogens (tertiary/aromatic N) is 2. The summed E-state index contributed by atoms with van der Waals surface area (Å²) in [6, 6.07) is 18.5. The number of hydrogen-bond donors (Lipinski definition) is 1. The van der Waals surface area contributed by atoms with E-state index in [1.165, 1.54) is 36.8 Å². The van der Waals surface area contributed by atoms with Crippen LogP contribution in [-0.4, -0.2) is 47.9 Å². The van der Waals surface area contributed by atoms with Crippen molar-refractivity contribution in [2.45, 2.75) is 44.2 Å². The molecule has 2 aliphatic heterocycles. The Balaban J connectivity index is 1.43. The van der Waals surface area contributed by atoms with Crippen molar-refractivity contribution in [3.8, 4) is 0 Å². The molecule has 0 saturated carbocycles. The Kier molecular flexibility index (Phi) is 6.08. The van der Waals surface area contributed by atoms with Gasteiger partial charge in [0.05, 0.1) is 0 Å². The maximum absolute atomic E-state index is 13.1. The molecule has 2 fully saturated rings. The molecule has 2 N–H and O–H groups in total. The molecule has 2 heterocycles. The highest BCUT2D eigenvalue weighted by molar-refractivity contribution is 5.94. The molecule has 0 aromatic heterocycles. The maximum Gasteiger partial charge on any atom is 0.253 e. The summed E-state index contributed by atoms with van der Waals surface area (Å²) in [6.07, 6.45) is 5.25. The predicted octanol–water partition coefficient (Wildman–Crippen LogP) is 3.63. The summed E-state index contributed by atoms with van der Waals surface area (Å²) in [5, 5.41) is 0. The van der Waals surface area contributed by atoms with Crippen LogP contribution in [0.2, 0.25) is 0 Å². The average Bonchev–Trinajstić information content (AvgIpc) is 2.93. The van der Waals surface area contributed by atoms with Gasteiger partial charge in [-0.15, -0.1) is 0 Å². The van der Waals surface area contributed by atoms with E-state index in [4.69, 9.17) is 5.73 Å². The van der Waals surface area contributed by atoms with Crippen molar-refractivity contribution in [3.05, 3.63) is 71.3 Å². The van der Waals surface area contributed by atoms with Crippen LogP contribution in [0.25, 0.3) is 0 Å². The molecule has 0 unspecified atom stereocenters. The van der Waals surface area contributed by atoms with Crippen LogP contribution in [0.4, 0.5) is 0 Å². The number of carbonyl (C=O) groups excluding carboxylic acids is 1. The standard InChI is InChI=1S/C24H31N3O/c25-23-18-27(17-22(23)20-10-4-3-5-11-20)24(28)21-12-8-9-19(15-21)16-26-13-6-1-2-7-14-26/h3-5,8-12,15,22-23H,1-2,6-7,13-14,16-18,25H2/t22-,23+/m0/s1. The third-order valence-electron chi connectivity index (χ3n) is 6.16. The lowest BCUT2D eigenvalue weighted by atomic mass is 9.95. The van der Waals surface area contributed by atoms with Crippen molar-refractivity contribution >= 4 is 5.91 Å². The molecule has 1 amide bonds. The smallest absolute Gasteiger partial charge is 0.253 e. The van der Waals surface area contributed by atoms with Gasteiger partial charge in [-0.3, -0.25) is 9.69 Å². The fourth-order valence-corrected chi connectivity index (χ4v) is 4.59. The Morgan fingerprint density at radius 1 is 0.929 bits per heavy atom. The van der Waals surface area contributed by atoms with Crippen LogP contribution in [0, 0.1) is 0 Å². The van der Waals surface area contributed by atoms with Crippen LogP contribution < -0.4 is 5.73 Å². The van der Waals surface area contributed by atoms with E-state index >= 15 is 0 Å². The SMILES string of the molecule is N[C@@H]1CN(C(=O)c2cccc(CN3CCCCCC3)c2)C[C@H]1c1ccccc1. The number of amides is 1. The van der Waals surface area contributed by atoms with E-state index in [9.17, 15) is 4.79 Å². The highest BCUT2D eigenvalue weighted by atomic mass is 16.2. The first kappa shape index (κ1) is 19.2. The Bertz CT molecular complexity index is 783. The highest BCUT2D eigenvalue weighted by Crippen LogP contribution is 2.27. The zero-order valence-corrected chi connectivity index (χ0v) is 16.6. The summed E-state index contributed by atoms with van der Waals surface area (Å²) in [5.74, 6) is 0.317. The summed E-state index contributed by atoms with van der Waals surface area (Å²) in [4.78, 5) is 17.6. The molecule has 2 aliphatic rings. The molecular weight excluding hydrogens is 346 g/mol. The molecule has 0 aliphatic carbocycles. The summed E-state index contributed by atoms with van der Waals surface area (Å²) in [7, 11) is 0. The number of hydrogen-bond acceptors (Lipinski definition) is 3. The highest BCUT2D eigenvalue weighted by Gasteiger charge is 2.34. The van der Waals surface area contributed by atoms with Gasteiger partial charge in [-0.1, -0.05) is 55.3 Å². The molecule has 148 valence electrons. The molecule has 4 rings (SSSR count). The topological polar surface area (TPSA) is 49.6 Å². The van der Waals surface area contributed by atoms with E-state index in [1.54, 1.807) is 0 Å². The lowest BCUT2D eigenvalue weighted by molar-refractivity contribution is 0.0789. The van der Waals surface area contributed by atoms with Crippen LogP contribution in [0.3, 0.4) is 0 Å². The van der Waals surface area contributed by atoms with Gasteiger partial charge in [0.2, 0.25) is 0 Å². The second-order valence-electron chi connectivity index (χ2n) is 8.28. The first-order valence-corrected chi connectivity index (χ1v) is 10.6. The van der Waals surface area contributed by atoms with Gasteiger partial charge < -0.3 is 10.6 Å². The van der Waals surface area contributed by atoms with E-state index in [0.29, 0.717) is 13.1 Å². The summed E-state index contributed by atoms with van der Waals surface area (Å²) in [5.41, 5.74) is 9.63. The van der Waals surface area contributed by atoms with Gasteiger partial charge in [-0.25, -0.2) is 0 Å². The summed E-state index contributed by atoms with van der Waals surface area (Å²) in [6.45, 7) is 4.58. The predicted molar refractivity (Wildman–Crippen MR) is 113 cm³/mol. The van der Waals surface area contributed by atoms with Gasteiger partial charge in [0.15, 0.2) is 0 Å². The maximum atomic E-state index is 13.1. The Morgan fingerprint density at radius 3 is 2.43 bits per heavy atom. The van der Waals surface area contributed by atoms with Crippen LogP contribution in [0.1, 0.15) is 53.1 Å². The van der Waals surface area contributed by atoms with Crippen LogP contribution in [0.5, 0.6) is 0 Å². The number of rotatable bonds is 4. The van der Waals surface area contributed by atoms with Crippen LogP contribution >= 0.6 is 0 Å². The Hall–Kier alpha value is -2.17. The average molecular weight is 378 g/mol. The Labute approximate surface area is 168 Å². The molecule has 0 bridgehead atoms. The van der Waals surface area contributed by atoms with Crippen LogP contribution in [0.15, 0.2) is 54.6 Å². The third kappa shape index (κ3) is 4.45. The van der Waals surface area contributed by atoms with E-state index in [0.717, 1.165) is 25.2 Å². The van der Waals surface area contributed by atoms with Crippen molar-refractivity contribution in [3.63, 3.8) is 0 Å². The second kappa shape index (κ2) is 8.89. The molecule has 2 atom stereocenters. The van der Waals surface area contributed by atoms with E-state index in [-0.39, 0.29) is 17.9 Å². The largest absolute Gasteiger partial charge is 0.336 e. The molecular formula is C24H31N3O. The van der Waals surface area contributed by atoms with Gasteiger partial charge >= 0.3 is 0 Å². The molecule has 2 saturated heterocycles. The fourth-order valence-electron chi connectivity index (χ4n) is 4.59. The van der Waals surface area contributed by atoms with Gasteiger partial charge in [0.25, 0.3) is 5.91 Å². The van der Waals surface area contributed by atoms with Gasteiger partial charge in [0, 0.05) is 37.2 Å². The minimum Gasteiger partial charge on any atom is -0.336 e. The third-order valence-corrected chi connectivity index (χ3v) is 6.16. The fraction of sp³-hybridized carbons (Fsp3) is 0.458. The van der Waals surface area contributed by atoms with Crippen molar-refractivity contribution in [2.24, 2.45) is 5.73 Å². The lowest BCUT2D eigenvalue weighted by Crippen LogP contribution is -2.32. The number of carbonyl (C=O) groups is 1. The molecule has 2 aromatic carbocycles. The van der Waals surface area contributed by atoms with Crippen molar-refractivity contribution in [1.29, 1.82) is 0 Å². The van der Waals surface area contributed by atoms with E-state index in [2.05, 4.69) is 29.2 Å². The van der Waals surface area contributed by atoms with Gasteiger partial charge in [0.1, 0.15) is 0 Å². The van der Waals surface area contributed by atoms with Gasteiger partial charge in [-0.05, 0) is 49.2 Å². The normalized spacial score (nSPS) is 23.5. The van der Waals surface area contributed by atoms with Gasteiger partial charge in [-0.2, -0.15) is 0 Å². The van der Waals surface area contributed by atoms with Crippen molar-refractivity contribution in [1.82, 2.24) is 9.80 Å². The first-order chi connectivity index (χ1) is 13.7. The molecule has 0 radical (unpaired) electrons. The molecule has 4 heteroatoms. The Morgan fingerprint density at radius 2 is 1.68 bits per heavy atom. The van der Waals surface area contributed by atoms with Crippen LogP contribution in [-0.2, 0) is 6.54 Å². The lowest BCUT2D eigenvalue weighted by Gasteiger charge is -2.21. The monoisotopic (exact) mass is 377 g/mol. The van der Waals surface area contributed by atoms with Crippen molar-refractivity contribution < 1.29 is 4.79 Å². The molecule has 2 aromatic rings. The number of likely N-dealkylation sites (tertiary alicyclic amines) is 2.